The fourth-order valence-corrected chi connectivity index (χ4v) is 2.72. The summed E-state index contributed by atoms with van der Waals surface area (Å²) in [6.07, 6.45) is 4.23. The lowest BCUT2D eigenvalue weighted by Gasteiger charge is -2.10. The summed E-state index contributed by atoms with van der Waals surface area (Å²) >= 11 is 0. The summed E-state index contributed by atoms with van der Waals surface area (Å²) in [6, 6.07) is 3.79. The molecular formula is C14H19NO5S. The average molecular weight is 313 g/mol. The van der Waals surface area contributed by atoms with Crippen LogP contribution in [0.4, 0.5) is 0 Å². The second-order valence-corrected chi connectivity index (χ2v) is 5.92. The molecule has 0 aromatic heterocycles. The van der Waals surface area contributed by atoms with E-state index in [1.165, 1.54) is 12.1 Å². The first-order valence-electron chi connectivity index (χ1n) is 6.53. The van der Waals surface area contributed by atoms with Gasteiger partial charge in [0.1, 0.15) is 11.3 Å². The zero-order chi connectivity index (χ0) is 15.9. The highest BCUT2D eigenvalue weighted by molar-refractivity contribution is 7.89. The molecule has 0 saturated heterocycles. The van der Waals surface area contributed by atoms with Gasteiger partial charge in [0.05, 0.1) is 11.5 Å². The minimum atomic E-state index is -3.73. The molecule has 0 aliphatic heterocycles. The van der Waals surface area contributed by atoms with Crippen LogP contribution in [0.5, 0.6) is 5.75 Å². The van der Waals surface area contributed by atoms with Crippen LogP contribution in [0.25, 0.3) is 0 Å². The average Bonchev–Trinajstić information content (AvgIpc) is 2.44. The van der Waals surface area contributed by atoms with E-state index in [1.54, 1.807) is 6.92 Å². The van der Waals surface area contributed by atoms with E-state index in [-0.39, 0.29) is 22.8 Å². The zero-order valence-electron chi connectivity index (χ0n) is 12.0. The Bertz CT molecular complexity index is 622. The molecule has 0 spiro atoms. The summed E-state index contributed by atoms with van der Waals surface area (Å²) in [5, 5.41) is 9.12. The molecule has 0 unspecified atom stereocenters. The molecule has 0 saturated carbocycles. The van der Waals surface area contributed by atoms with Gasteiger partial charge < -0.3 is 9.84 Å². The van der Waals surface area contributed by atoms with Crippen molar-refractivity contribution in [2.75, 3.05) is 13.2 Å². The van der Waals surface area contributed by atoms with Gasteiger partial charge in [-0.1, -0.05) is 12.2 Å². The van der Waals surface area contributed by atoms with Gasteiger partial charge in [-0.25, -0.2) is 17.9 Å². The Balaban J connectivity index is 3.02. The van der Waals surface area contributed by atoms with Gasteiger partial charge in [0.2, 0.25) is 10.0 Å². The topological polar surface area (TPSA) is 92.7 Å². The first-order valence-corrected chi connectivity index (χ1v) is 8.01. The van der Waals surface area contributed by atoms with Crippen molar-refractivity contribution in [1.29, 1.82) is 0 Å². The lowest BCUT2D eigenvalue weighted by atomic mass is 10.2. The van der Waals surface area contributed by atoms with Crippen LogP contribution in [0.3, 0.4) is 0 Å². The van der Waals surface area contributed by atoms with Crippen molar-refractivity contribution in [2.45, 2.75) is 25.2 Å². The Labute approximate surface area is 124 Å². The summed E-state index contributed by atoms with van der Waals surface area (Å²) in [5.74, 6) is -1.08. The van der Waals surface area contributed by atoms with Crippen LogP contribution in [0, 0.1) is 0 Å². The third kappa shape index (κ3) is 4.87. The maximum Gasteiger partial charge on any atom is 0.339 e. The monoisotopic (exact) mass is 313 g/mol. The van der Waals surface area contributed by atoms with E-state index >= 15 is 0 Å². The van der Waals surface area contributed by atoms with Crippen LogP contribution in [0.1, 0.15) is 30.6 Å². The first-order chi connectivity index (χ1) is 9.92. The Morgan fingerprint density at radius 1 is 1.43 bits per heavy atom. The van der Waals surface area contributed by atoms with Gasteiger partial charge >= 0.3 is 5.97 Å². The van der Waals surface area contributed by atoms with Gasteiger partial charge in [0.25, 0.3) is 0 Å². The van der Waals surface area contributed by atoms with Crippen LogP contribution in [0.2, 0.25) is 0 Å². The number of aromatic carboxylic acids is 1. The van der Waals surface area contributed by atoms with Crippen molar-refractivity contribution in [1.82, 2.24) is 4.72 Å². The normalized spacial score (nSPS) is 11.7. The summed E-state index contributed by atoms with van der Waals surface area (Å²) in [6.45, 7) is 4.12. The van der Waals surface area contributed by atoms with E-state index in [2.05, 4.69) is 4.72 Å². The molecule has 0 aliphatic rings. The molecule has 0 aliphatic carbocycles. The number of allylic oxidation sites excluding steroid dienone is 1. The molecule has 0 amide bonds. The molecule has 0 radical (unpaired) electrons. The molecule has 1 aromatic rings. The van der Waals surface area contributed by atoms with E-state index in [0.29, 0.717) is 13.0 Å². The van der Waals surface area contributed by atoms with Crippen molar-refractivity contribution in [2.24, 2.45) is 0 Å². The molecule has 0 atom stereocenters. The van der Waals surface area contributed by atoms with Gasteiger partial charge in [0, 0.05) is 6.54 Å². The molecule has 116 valence electrons. The Morgan fingerprint density at radius 2 is 2.14 bits per heavy atom. The van der Waals surface area contributed by atoms with Crippen LogP contribution in [-0.4, -0.2) is 32.6 Å². The van der Waals surface area contributed by atoms with Gasteiger partial charge in [0.15, 0.2) is 0 Å². The SMILES string of the molecule is C/C=C/CCNS(=O)(=O)c1ccc(OCC)c(C(=O)O)c1. The molecule has 0 heterocycles. The minimum Gasteiger partial charge on any atom is -0.493 e. The number of sulfonamides is 1. The van der Waals surface area contributed by atoms with E-state index in [1.807, 2.05) is 19.1 Å². The van der Waals surface area contributed by atoms with Crippen molar-refractivity contribution < 1.29 is 23.1 Å². The number of benzene rings is 1. The molecule has 0 bridgehead atoms. The highest BCUT2D eigenvalue weighted by Crippen LogP contribution is 2.22. The fourth-order valence-electron chi connectivity index (χ4n) is 1.65. The number of carboxylic acids is 1. The van der Waals surface area contributed by atoms with E-state index in [4.69, 9.17) is 9.84 Å². The van der Waals surface area contributed by atoms with Crippen molar-refractivity contribution in [3.63, 3.8) is 0 Å². The largest absolute Gasteiger partial charge is 0.493 e. The van der Waals surface area contributed by atoms with Gasteiger partial charge in [-0.3, -0.25) is 0 Å². The van der Waals surface area contributed by atoms with Crippen molar-refractivity contribution in [3.8, 4) is 5.75 Å². The van der Waals surface area contributed by atoms with Gasteiger partial charge in [-0.2, -0.15) is 0 Å². The van der Waals surface area contributed by atoms with Crippen LogP contribution in [0.15, 0.2) is 35.2 Å². The molecule has 1 aromatic carbocycles. The Morgan fingerprint density at radius 3 is 2.71 bits per heavy atom. The molecule has 21 heavy (non-hydrogen) atoms. The van der Waals surface area contributed by atoms with Crippen LogP contribution < -0.4 is 9.46 Å². The van der Waals surface area contributed by atoms with E-state index < -0.39 is 16.0 Å². The maximum atomic E-state index is 12.1. The number of rotatable bonds is 8. The summed E-state index contributed by atoms with van der Waals surface area (Å²) < 4.78 is 31.7. The number of carbonyl (C=O) groups is 1. The smallest absolute Gasteiger partial charge is 0.339 e. The fraction of sp³-hybridized carbons (Fsp3) is 0.357. The molecule has 0 fully saturated rings. The molecular weight excluding hydrogens is 294 g/mol. The molecule has 7 heteroatoms. The molecule has 1 rings (SSSR count). The maximum absolute atomic E-state index is 12.1. The summed E-state index contributed by atoms with van der Waals surface area (Å²) in [7, 11) is -3.73. The highest BCUT2D eigenvalue weighted by Gasteiger charge is 2.19. The van der Waals surface area contributed by atoms with Crippen molar-refractivity contribution in [3.05, 3.63) is 35.9 Å². The van der Waals surface area contributed by atoms with Gasteiger partial charge in [-0.15, -0.1) is 0 Å². The number of ether oxygens (including phenoxy) is 1. The third-order valence-corrected chi connectivity index (χ3v) is 4.09. The number of nitrogens with one attached hydrogen (secondary N) is 1. The van der Waals surface area contributed by atoms with E-state index in [0.717, 1.165) is 6.07 Å². The highest BCUT2D eigenvalue weighted by atomic mass is 32.2. The first kappa shape index (κ1) is 17.2. The Hall–Kier alpha value is -1.86. The minimum absolute atomic E-state index is 0.0937. The van der Waals surface area contributed by atoms with E-state index in [9.17, 15) is 13.2 Å². The second kappa shape index (κ2) is 7.80. The standard InChI is InChI=1S/C14H19NO5S/c1-3-5-6-9-15-21(18,19)11-7-8-13(20-4-2)12(10-11)14(16)17/h3,5,7-8,10,15H,4,6,9H2,1-2H3,(H,16,17)/b5-3+. The quantitative estimate of drug-likeness (QED) is 0.566. The number of carboxylic acid groups (broad SMARTS) is 1. The predicted octanol–water partition coefficient (Wildman–Crippen LogP) is 2.03. The number of hydrogen-bond acceptors (Lipinski definition) is 4. The molecule has 6 nitrogen and oxygen atoms in total. The lowest BCUT2D eigenvalue weighted by Crippen LogP contribution is -2.24. The summed E-state index contributed by atoms with van der Waals surface area (Å²) in [5.41, 5.74) is -0.173. The third-order valence-electron chi connectivity index (χ3n) is 2.63. The van der Waals surface area contributed by atoms with Crippen LogP contribution in [-0.2, 0) is 10.0 Å². The zero-order valence-corrected chi connectivity index (χ0v) is 12.8. The second-order valence-electron chi connectivity index (χ2n) is 4.15. The predicted molar refractivity (Wildman–Crippen MR) is 79.2 cm³/mol. The lowest BCUT2D eigenvalue weighted by molar-refractivity contribution is 0.0692. The Kier molecular flexibility index (Phi) is 6.39. The molecule has 2 N–H and O–H groups in total. The van der Waals surface area contributed by atoms with Gasteiger partial charge in [-0.05, 0) is 38.5 Å². The summed E-state index contributed by atoms with van der Waals surface area (Å²) in [4.78, 5) is 11.1. The number of hydrogen-bond donors (Lipinski definition) is 2. The van der Waals surface area contributed by atoms with Crippen LogP contribution >= 0.6 is 0 Å². The van der Waals surface area contributed by atoms with Crippen molar-refractivity contribution >= 4 is 16.0 Å².